The number of hydrogen-bond acceptors (Lipinski definition) is 1. The zero-order valence-corrected chi connectivity index (χ0v) is 7.97. The second-order valence-corrected chi connectivity index (χ2v) is 3.72. The molecule has 1 nitrogen and oxygen atoms in total. The topological polar surface area (TPSA) is 9.23 Å². The van der Waals surface area contributed by atoms with E-state index in [1.54, 1.807) is 18.2 Å². The van der Waals surface area contributed by atoms with Crippen LogP contribution in [0.1, 0.15) is 12.8 Å². The van der Waals surface area contributed by atoms with Crippen molar-refractivity contribution >= 4 is 15.9 Å². The van der Waals surface area contributed by atoms with Crippen LogP contribution in [0.15, 0.2) is 22.7 Å². The lowest BCUT2D eigenvalue weighted by atomic mass is 10.3. The van der Waals surface area contributed by atoms with Crippen LogP contribution in [0.25, 0.3) is 0 Å². The molecule has 3 heteroatoms. The molecule has 0 N–H and O–H groups in total. The predicted octanol–water partition coefficient (Wildman–Crippen LogP) is 3.13. The summed E-state index contributed by atoms with van der Waals surface area (Å²) < 4.78 is 19.0. The fourth-order valence-corrected chi connectivity index (χ4v) is 1.29. The van der Waals surface area contributed by atoms with Crippen LogP contribution in [-0.4, -0.2) is 6.10 Å². The molecule has 0 atom stereocenters. The smallest absolute Gasteiger partial charge is 0.179 e. The molecule has 1 aliphatic rings. The van der Waals surface area contributed by atoms with Crippen molar-refractivity contribution in [1.29, 1.82) is 0 Å². The van der Waals surface area contributed by atoms with Gasteiger partial charge >= 0.3 is 0 Å². The predicted molar refractivity (Wildman–Crippen MR) is 47.8 cm³/mol. The van der Waals surface area contributed by atoms with Crippen LogP contribution in [0, 0.1) is 5.82 Å². The molecule has 0 aliphatic heterocycles. The molecule has 1 saturated carbocycles. The van der Waals surface area contributed by atoms with Crippen LogP contribution >= 0.6 is 15.9 Å². The normalized spacial score (nSPS) is 16.2. The van der Waals surface area contributed by atoms with Gasteiger partial charge in [-0.25, -0.2) is 4.39 Å². The van der Waals surface area contributed by atoms with Gasteiger partial charge in [-0.15, -0.1) is 0 Å². The lowest BCUT2D eigenvalue weighted by Crippen LogP contribution is -1.98. The fourth-order valence-electron chi connectivity index (χ4n) is 0.940. The summed E-state index contributed by atoms with van der Waals surface area (Å²) in [4.78, 5) is 0. The second kappa shape index (κ2) is 3.05. The zero-order valence-electron chi connectivity index (χ0n) is 6.39. The molecule has 2 rings (SSSR count). The summed E-state index contributed by atoms with van der Waals surface area (Å²) in [5, 5.41) is 0. The first kappa shape index (κ1) is 8.05. The Morgan fingerprint density at radius 3 is 2.83 bits per heavy atom. The first-order valence-corrected chi connectivity index (χ1v) is 4.67. The molecule has 0 unspecified atom stereocenters. The van der Waals surface area contributed by atoms with E-state index in [1.807, 2.05) is 0 Å². The SMILES string of the molecule is Fc1c(Br)cccc1OC1CC1. The monoisotopic (exact) mass is 230 g/mol. The third kappa shape index (κ3) is 1.61. The molecule has 1 aliphatic carbocycles. The van der Waals surface area contributed by atoms with Gasteiger partial charge in [0.25, 0.3) is 0 Å². The summed E-state index contributed by atoms with van der Waals surface area (Å²) in [7, 11) is 0. The lowest BCUT2D eigenvalue weighted by molar-refractivity contribution is 0.287. The van der Waals surface area contributed by atoms with Gasteiger partial charge in [0.15, 0.2) is 11.6 Å². The maximum Gasteiger partial charge on any atom is 0.179 e. The summed E-state index contributed by atoms with van der Waals surface area (Å²) in [5.41, 5.74) is 0. The number of hydrogen-bond donors (Lipinski definition) is 0. The molecular formula is C9H8BrFO. The third-order valence-electron chi connectivity index (χ3n) is 1.73. The van der Waals surface area contributed by atoms with Gasteiger partial charge in [-0.1, -0.05) is 6.07 Å². The minimum absolute atomic E-state index is 0.244. The van der Waals surface area contributed by atoms with Crippen molar-refractivity contribution in [2.75, 3.05) is 0 Å². The number of halogens is 2. The van der Waals surface area contributed by atoms with Gasteiger partial charge in [0, 0.05) is 0 Å². The van der Waals surface area contributed by atoms with Crippen molar-refractivity contribution in [1.82, 2.24) is 0 Å². The van der Waals surface area contributed by atoms with E-state index in [4.69, 9.17) is 4.74 Å². The molecule has 1 fully saturated rings. The van der Waals surface area contributed by atoms with E-state index in [0.717, 1.165) is 12.8 Å². The quantitative estimate of drug-likeness (QED) is 0.759. The van der Waals surface area contributed by atoms with Gasteiger partial charge in [-0.3, -0.25) is 0 Å². The summed E-state index contributed by atoms with van der Waals surface area (Å²) in [6, 6.07) is 5.08. The molecule has 0 saturated heterocycles. The van der Waals surface area contributed by atoms with E-state index in [-0.39, 0.29) is 11.9 Å². The van der Waals surface area contributed by atoms with E-state index >= 15 is 0 Å². The lowest BCUT2D eigenvalue weighted by Gasteiger charge is -2.05. The minimum Gasteiger partial charge on any atom is -0.487 e. The van der Waals surface area contributed by atoms with Crippen molar-refractivity contribution < 1.29 is 9.13 Å². The summed E-state index contributed by atoms with van der Waals surface area (Å²) in [5.74, 6) is 0.0521. The van der Waals surface area contributed by atoms with Gasteiger partial charge in [-0.2, -0.15) is 0 Å². The third-order valence-corrected chi connectivity index (χ3v) is 2.35. The summed E-state index contributed by atoms with van der Waals surface area (Å²) >= 11 is 3.10. The fraction of sp³-hybridized carbons (Fsp3) is 0.333. The zero-order chi connectivity index (χ0) is 8.55. The Hall–Kier alpha value is -0.570. The summed E-state index contributed by atoms with van der Waals surface area (Å²) in [6.07, 6.45) is 2.34. The summed E-state index contributed by atoms with van der Waals surface area (Å²) in [6.45, 7) is 0. The molecule has 0 bridgehead atoms. The largest absolute Gasteiger partial charge is 0.487 e. The highest BCUT2D eigenvalue weighted by atomic mass is 79.9. The van der Waals surface area contributed by atoms with Gasteiger partial charge in [0.2, 0.25) is 0 Å². The standard InChI is InChI=1S/C9H8BrFO/c10-7-2-1-3-8(9(7)11)12-6-4-5-6/h1-3,6H,4-5H2. The Kier molecular flexibility index (Phi) is 2.05. The van der Waals surface area contributed by atoms with Gasteiger partial charge in [0.1, 0.15) is 0 Å². The highest BCUT2D eigenvalue weighted by Gasteiger charge is 2.24. The molecule has 0 spiro atoms. The van der Waals surface area contributed by atoms with E-state index in [9.17, 15) is 4.39 Å². The van der Waals surface area contributed by atoms with Gasteiger partial charge < -0.3 is 4.74 Å². The molecule has 0 radical (unpaired) electrons. The average molecular weight is 231 g/mol. The maximum atomic E-state index is 13.2. The molecule has 0 aromatic heterocycles. The van der Waals surface area contributed by atoms with Crippen LogP contribution in [0.3, 0.4) is 0 Å². The first-order chi connectivity index (χ1) is 5.77. The van der Waals surface area contributed by atoms with E-state index in [0.29, 0.717) is 10.2 Å². The number of ether oxygens (including phenoxy) is 1. The van der Waals surface area contributed by atoms with Crippen LogP contribution < -0.4 is 4.74 Å². The minimum atomic E-state index is -0.301. The van der Waals surface area contributed by atoms with Gasteiger partial charge in [0.05, 0.1) is 10.6 Å². The Morgan fingerprint density at radius 2 is 2.17 bits per heavy atom. The van der Waals surface area contributed by atoms with E-state index < -0.39 is 0 Å². The van der Waals surface area contributed by atoms with Crippen molar-refractivity contribution in [2.24, 2.45) is 0 Å². The Bertz CT molecular complexity index is 297. The first-order valence-electron chi connectivity index (χ1n) is 3.88. The Labute approximate surface area is 78.7 Å². The van der Waals surface area contributed by atoms with E-state index in [2.05, 4.69) is 15.9 Å². The number of rotatable bonds is 2. The molecule has 64 valence electrons. The molecule has 1 aromatic carbocycles. The average Bonchev–Trinajstić information content (AvgIpc) is 2.83. The van der Waals surface area contributed by atoms with Crippen LogP contribution in [-0.2, 0) is 0 Å². The number of benzene rings is 1. The van der Waals surface area contributed by atoms with Crippen LogP contribution in [0.5, 0.6) is 5.75 Å². The van der Waals surface area contributed by atoms with Crippen LogP contribution in [0.2, 0.25) is 0 Å². The molecular weight excluding hydrogens is 223 g/mol. The van der Waals surface area contributed by atoms with Gasteiger partial charge in [-0.05, 0) is 40.9 Å². The molecule has 1 aromatic rings. The maximum absolute atomic E-state index is 13.2. The van der Waals surface area contributed by atoms with Crippen molar-refractivity contribution in [3.63, 3.8) is 0 Å². The highest BCUT2D eigenvalue weighted by molar-refractivity contribution is 9.10. The van der Waals surface area contributed by atoms with Crippen molar-refractivity contribution in [2.45, 2.75) is 18.9 Å². The second-order valence-electron chi connectivity index (χ2n) is 2.87. The molecule has 0 heterocycles. The molecule has 0 amide bonds. The van der Waals surface area contributed by atoms with Crippen molar-refractivity contribution in [3.05, 3.63) is 28.5 Å². The Balaban J connectivity index is 2.23. The van der Waals surface area contributed by atoms with Crippen LogP contribution in [0.4, 0.5) is 4.39 Å². The van der Waals surface area contributed by atoms with Crippen molar-refractivity contribution in [3.8, 4) is 5.75 Å². The Morgan fingerprint density at radius 1 is 1.42 bits per heavy atom. The molecule has 12 heavy (non-hydrogen) atoms. The van der Waals surface area contributed by atoms with E-state index in [1.165, 1.54) is 0 Å². The highest BCUT2D eigenvalue weighted by Crippen LogP contribution is 2.31.